The zero-order valence-corrected chi connectivity index (χ0v) is 11.4. The number of hydrogen-bond donors (Lipinski definition) is 3. The van der Waals surface area contributed by atoms with E-state index in [2.05, 4.69) is 10.6 Å². The minimum Gasteiger partial charge on any atom is -0.480 e. The number of aliphatic carboxylic acids is 1. The Morgan fingerprint density at radius 2 is 2.10 bits per heavy atom. The molecule has 21 heavy (non-hydrogen) atoms. The lowest BCUT2D eigenvalue weighted by molar-refractivity contribution is -0.139. The number of carbonyl (C=O) groups is 2. The summed E-state index contributed by atoms with van der Waals surface area (Å²) in [5.74, 6) is -2.70. The first-order valence-electron chi connectivity index (χ1n) is 6.14. The Morgan fingerprint density at radius 3 is 2.67 bits per heavy atom. The molecule has 0 aliphatic heterocycles. The van der Waals surface area contributed by atoms with E-state index in [-0.39, 0.29) is 25.1 Å². The normalized spacial score (nSPS) is 11.8. The van der Waals surface area contributed by atoms with Crippen LogP contribution in [0.1, 0.15) is 12.0 Å². The number of carbonyl (C=O) groups excluding carboxylic acids is 1. The third kappa shape index (κ3) is 5.74. The number of carboxylic acid groups (broad SMARTS) is 1. The third-order valence-electron chi connectivity index (χ3n) is 2.67. The van der Waals surface area contributed by atoms with Gasteiger partial charge in [0, 0.05) is 38.3 Å². The molecule has 116 valence electrons. The van der Waals surface area contributed by atoms with Crippen LogP contribution >= 0.6 is 0 Å². The highest BCUT2D eigenvalue weighted by molar-refractivity contribution is 5.82. The van der Waals surface area contributed by atoms with Gasteiger partial charge in [-0.05, 0) is 6.07 Å². The molecule has 1 aromatic carbocycles. The molecule has 3 N–H and O–H groups in total. The summed E-state index contributed by atoms with van der Waals surface area (Å²) < 4.78 is 30.8. The number of methoxy groups -OCH3 is 1. The number of halogens is 2. The molecule has 0 saturated carbocycles. The van der Waals surface area contributed by atoms with E-state index in [1.165, 1.54) is 13.2 Å². The standard InChI is InChI=1S/C13H16F2N2O4/c1-21-5-4-11(12(18)19)17-13(20)16-7-8-2-3-9(14)6-10(8)15/h2-3,6,11H,4-5,7H2,1H3,(H,18,19)(H2,16,17,20). The van der Waals surface area contributed by atoms with E-state index in [1.54, 1.807) is 0 Å². The zero-order chi connectivity index (χ0) is 15.8. The van der Waals surface area contributed by atoms with Crippen molar-refractivity contribution in [2.75, 3.05) is 13.7 Å². The molecule has 6 nitrogen and oxygen atoms in total. The van der Waals surface area contributed by atoms with Crippen LogP contribution in [0.5, 0.6) is 0 Å². The first-order chi connectivity index (χ1) is 9.93. The van der Waals surface area contributed by atoms with Gasteiger partial charge in [0.15, 0.2) is 0 Å². The zero-order valence-electron chi connectivity index (χ0n) is 11.4. The Kier molecular flexibility index (Phi) is 6.54. The Hall–Kier alpha value is -2.22. The van der Waals surface area contributed by atoms with Crippen molar-refractivity contribution in [1.29, 1.82) is 0 Å². The van der Waals surface area contributed by atoms with Gasteiger partial charge in [-0.25, -0.2) is 18.4 Å². The van der Waals surface area contributed by atoms with Gasteiger partial charge in [0.1, 0.15) is 17.7 Å². The summed E-state index contributed by atoms with van der Waals surface area (Å²) in [5.41, 5.74) is 0.0929. The first kappa shape index (κ1) is 16.8. The molecule has 0 aliphatic rings. The van der Waals surface area contributed by atoms with Gasteiger partial charge in [0.25, 0.3) is 0 Å². The molecule has 1 rings (SSSR count). The van der Waals surface area contributed by atoms with Gasteiger partial charge in [-0.3, -0.25) is 0 Å². The highest BCUT2D eigenvalue weighted by Gasteiger charge is 2.19. The van der Waals surface area contributed by atoms with Crippen molar-refractivity contribution < 1.29 is 28.2 Å². The van der Waals surface area contributed by atoms with Crippen LogP contribution in [0.25, 0.3) is 0 Å². The number of ether oxygens (including phenoxy) is 1. The van der Waals surface area contributed by atoms with Crippen LogP contribution in [0.2, 0.25) is 0 Å². The van der Waals surface area contributed by atoms with E-state index >= 15 is 0 Å². The molecule has 0 fully saturated rings. The molecule has 0 spiro atoms. The van der Waals surface area contributed by atoms with Crippen molar-refractivity contribution >= 4 is 12.0 Å². The summed E-state index contributed by atoms with van der Waals surface area (Å²) in [4.78, 5) is 22.5. The van der Waals surface area contributed by atoms with Gasteiger partial charge in [0.2, 0.25) is 0 Å². The van der Waals surface area contributed by atoms with Crippen molar-refractivity contribution in [1.82, 2.24) is 10.6 Å². The molecule has 0 heterocycles. The number of nitrogens with one attached hydrogen (secondary N) is 2. The van der Waals surface area contributed by atoms with Crippen LogP contribution in [0.15, 0.2) is 18.2 Å². The summed E-state index contributed by atoms with van der Waals surface area (Å²) in [5, 5.41) is 13.4. The molecule has 1 atom stereocenters. The molecule has 0 bridgehead atoms. The molecular formula is C13H16F2N2O4. The van der Waals surface area contributed by atoms with Crippen molar-refractivity contribution in [2.45, 2.75) is 19.0 Å². The average molecular weight is 302 g/mol. The average Bonchev–Trinajstić information content (AvgIpc) is 2.42. The molecule has 8 heteroatoms. The van der Waals surface area contributed by atoms with E-state index in [4.69, 9.17) is 9.84 Å². The van der Waals surface area contributed by atoms with Gasteiger partial charge in [-0.2, -0.15) is 0 Å². The van der Waals surface area contributed by atoms with Crippen LogP contribution in [0.4, 0.5) is 13.6 Å². The van der Waals surface area contributed by atoms with Gasteiger partial charge >= 0.3 is 12.0 Å². The summed E-state index contributed by atoms with van der Waals surface area (Å²) in [6.45, 7) is -0.0155. The quantitative estimate of drug-likeness (QED) is 0.707. The minimum atomic E-state index is -1.20. The Labute approximate surface area is 120 Å². The molecule has 0 aliphatic carbocycles. The van der Waals surface area contributed by atoms with E-state index in [1.807, 2.05) is 0 Å². The predicted molar refractivity (Wildman–Crippen MR) is 69.6 cm³/mol. The molecule has 1 aromatic rings. The van der Waals surface area contributed by atoms with Crippen LogP contribution in [0, 0.1) is 11.6 Å². The number of amides is 2. The summed E-state index contributed by atoms with van der Waals surface area (Å²) in [7, 11) is 1.41. The largest absolute Gasteiger partial charge is 0.480 e. The SMILES string of the molecule is COCCC(NC(=O)NCc1ccc(F)cc1F)C(=O)O. The molecule has 0 saturated heterocycles. The van der Waals surface area contributed by atoms with Crippen molar-refractivity contribution in [3.8, 4) is 0 Å². The fourth-order valence-corrected chi connectivity index (χ4v) is 1.54. The lowest BCUT2D eigenvalue weighted by atomic mass is 10.2. The van der Waals surface area contributed by atoms with Crippen LogP contribution in [0.3, 0.4) is 0 Å². The second kappa shape index (κ2) is 8.15. The number of rotatable bonds is 7. The minimum absolute atomic E-state index is 0.0929. The molecular weight excluding hydrogens is 286 g/mol. The van der Waals surface area contributed by atoms with Gasteiger partial charge in [-0.15, -0.1) is 0 Å². The lowest BCUT2D eigenvalue weighted by Gasteiger charge is -2.14. The number of carboxylic acids is 1. The summed E-state index contributed by atoms with van der Waals surface area (Å²) in [6, 6.07) is 1.10. The van der Waals surface area contributed by atoms with Gasteiger partial charge in [-0.1, -0.05) is 6.07 Å². The summed E-state index contributed by atoms with van der Waals surface area (Å²) in [6.07, 6.45) is 0.101. The molecule has 0 radical (unpaired) electrons. The van der Waals surface area contributed by atoms with Gasteiger partial charge in [0.05, 0.1) is 0 Å². The van der Waals surface area contributed by atoms with E-state index < -0.39 is 29.7 Å². The monoisotopic (exact) mass is 302 g/mol. The second-order valence-electron chi connectivity index (χ2n) is 4.24. The van der Waals surface area contributed by atoms with Crippen molar-refractivity contribution in [2.24, 2.45) is 0 Å². The van der Waals surface area contributed by atoms with Crippen molar-refractivity contribution in [3.63, 3.8) is 0 Å². The van der Waals surface area contributed by atoms with Crippen LogP contribution in [-0.4, -0.2) is 36.9 Å². The van der Waals surface area contributed by atoms with E-state index in [0.29, 0.717) is 6.07 Å². The maximum atomic E-state index is 13.3. The fourth-order valence-electron chi connectivity index (χ4n) is 1.54. The van der Waals surface area contributed by atoms with Crippen LogP contribution in [-0.2, 0) is 16.1 Å². The fraction of sp³-hybridized carbons (Fsp3) is 0.385. The molecule has 0 aromatic heterocycles. The topological polar surface area (TPSA) is 87.7 Å². The smallest absolute Gasteiger partial charge is 0.326 e. The summed E-state index contributed by atoms with van der Waals surface area (Å²) >= 11 is 0. The lowest BCUT2D eigenvalue weighted by Crippen LogP contribution is -2.46. The van der Waals surface area contributed by atoms with E-state index in [0.717, 1.165) is 6.07 Å². The van der Waals surface area contributed by atoms with Crippen molar-refractivity contribution in [3.05, 3.63) is 35.4 Å². The maximum absolute atomic E-state index is 13.3. The first-order valence-corrected chi connectivity index (χ1v) is 6.14. The van der Waals surface area contributed by atoms with Gasteiger partial charge < -0.3 is 20.5 Å². The Balaban J connectivity index is 2.50. The second-order valence-corrected chi connectivity index (χ2v) is 4.24. The Morgan fingerprint density at radius 1 is 1.38 bits per heavy atom. The van der Waals surface area contributed by atoms with Crippen LogP contribution < -0.4 is 10.6 Å². The van der Waals surface area contributed by atoms with E-state index in [9.17, 15) is 18.4 Å². The Bertz CT molecular complexity index is 511. The number of urea groups is 1. The highest BCUT2D eigenvalue weighted by Crippen LogP contribution is 2.08. The molecule has 1 unspecified atom stereocenters. The number of hydrogen-bond acceptors (Lipinski definition) is 3. The maximum Gasteiger partial charge on any atom is 0.326 e. The number of benzene rings is 1. The predicted octanol–water partition coefficient (Wildman–Crippen LogP) is 1.25. The molecule has 2 amide bonds. The highest BCUT2D eigenvalue weighted by atomic mass is 19.1. The third-order valence-corrected chi connectivity index (χ3v) is 2.67.